The zero-order valence-electron chi connectivity index (χ0n) is 13.7. The smallest absolute Gasteiger partial charge is 0.257 e. The molecular formula is C17H25ClN2O3. The van der Waals surface area contributed by atoms with Gasteiger partial charge in [-0.25, -0.2) is 0 Å². The first kappa shape index (κ1) is 17.9. The van der Waals surface area contributed by atoms with Crippen molar-refractivity contribution in [1.82, 2.24) is 10.2 Å². The number of carbonyl (C=O) groups is 1. The summed E-state index contributed by atoms with van der Waals surface area (Å²) in [5.74, 6) is 2.78. The lowest BCUT2D eigenvalue weighted by Crippen LogP contribution is -2.33. The third kappa shape index (κ3) is 3.72. The van der Waals surface area contributed by atoms with Gasteiger partial charge in [0.15, 0.2) is 0 Å². The molecule has 2 fully saturated rings. The Balaban J connectivity index is 0.00000192. The van der Waals surface area contributed by atoms with E-state index in [1.807, 2.05) is 11.0 Å². The Morgan fingerprint density at radius 2 is 1.78 bits per heavy atom. The number of halogens is 1. The van der Waals surface area contributed by atoms with Gasteiger partial charge in [-0.15, -0.1) is 12.4 Å². The molecule has 0 aliphatic carbocycles. The van der Waals surface area contributed by atoms with Crippen molar-refractivity contribution in [3.8, 4) is 11.5 Å². The van der Waals surface area contributed by atoms with Crippen LogP contribution in [0.15, 0.2) is 18.2 Å². The van der Waals surface area contributed by atoms with Crippen LogP contribution in [0, 0.1) is 11.8 Å². The lowest BCUT2D eigenvalue weighted by molar-refractivity contribution is 0.0755. The Morgan fingerprint density at radius 3 is 2.35 bits per heavy atom. The van der Waals surface area contributed by atoms with Gasteiger partial charge in [0, 0.05) is 19.2 Å². The van der Waals surface area contributed by atoms with Crippen molar-refractivity contribution >= 4 is 18.3 Å². The Bertz CT molecular complexity index is 539. The SMILES string of the molecule is COc1ccc(C(=O)N2CC[C@@H]3CNC[C@@H]3CC2)c(OC)c1.Cl. The van der Waals surface area contributed by atoms with Crippen LogP contribution in [0.3, 0.4) is 0 Å². The van der Waals surface area contributed by atoms with Crippen molar-refractivity contribution < 1.29 is 14.3 Å². The largest absolute Gasteiger partial charge is 0.497 e. The van der Waals surface area contributed by atoms with Gasteiger partial charge >= 0.3 is 0 Å². The first-order valence-corrected chi connectivity index (χ1v) is 7.95. The summed E-state index contributed by atoms with van der Waals surface area (Å²) in [6.07, 6.45) is 2.17. The van der Waals surface area contributed by atoms with Gasteiger partial charge in [0.2, 0.25) is 0 Å². The lowest BCUT2D eigenvalue weighted by Gasteiger charge is -2.22. The number of rotatable bonds is 3. The van der Waals surface area contributed by atoms with Gasteiger partial charge in [-0.05, 0) is 49.9 Å². The number of methoxy groups -OCH3 is 2. The Labute approximate surface area is 143 Å². The van der Waals surface area contributed by atoms with Crippen LogP contribution in [0.4, 0.5) is 0 Å². The highest BCUT2D eigenvalue weighted by Gasteiger charge is 2.32. The summed E-state index contributed by atoms with van der Waals surface area (Å²) in [5.41, 5.74) is 0.619. The van der Waals surface area contributed by atoms with Crippen LogP contribution >= 0.6 is 12.4 Å². The third-order valence-corrected chi connectivity index (χ3v) is 4.95. The Morgan fingerprint density at radius 1 is 1.13 bits per heavy atom. The van der Waals surface area contributed by atoms with Crippen molar-refractivity contribution in [2.45, 2.75) is 12.8 Å². The normalized spacial score (nSPS) is 23.5. The van der Waals surface area contributed by atoms with Gasteiger partial charge < -0.3 is 19.7 Å². The molecule has 2 atom stereocenters. The number of fused-ring (bicyclic) bond motifs is 1. The maximum Gasteiger partial charge on any atom is 0.257 e. The van der Waals surface area contributed by atoms with Crippen LogP contribution in [0.1, 0.15) is 23.2 Å². The highest BCUT2D eigenvalue weighted by atomic mass is 35.5. The number of amides is 1. The third-order valence-electron chi connectivity index (χ3n) is 4.95. The molecule has 1 amide bonds. The van der Waals surface area contributed by atoms with E-state index < -0.39 is 0 Å². The molecule has 0 aromatic heterocycles. The average molecular weight is 341 g/mol. The number of hydrogen-bond donors (Lipinski definition) is 1. The average Bonchev–Trinajstić information content (AvgIpc) is 2.92. The summed E-state index contributed by atoms with van der Waals surface area (Å²) in [7, 11) is 3.20. The van der Waals surface area contributed by atoms with E-state index in [4.69, 9.17) is 9.47 Å². The van der Waals surface area contributed by atoms with Gasteiger partial charge in [-0.1, -0.05) is 0 Å². The second-order valence-corrected chi connectivity index (χ2v) is 6.11. The maximum atomic E-state index is 12.8. The molecule has 0 radical (unpaired) electrons. The summed E-state index contributed by atoms with van der Waals surface area (Å²) in [5, 5.41) is 3.46. The van der Waals surface area contributed by atoms with E-state index in [0.717, 1.165) is 50.9 Å². The zero-order valence-corrected chi connectivity index (χ0v) is 14.5. The van der Waals surface area contributed by atoms with Gasteiger partial charge in [-0.2, -0.15) is 0 Å². The summed E-state index contributed by atoms with van der Waals surface area (Å²) in [6.45, 7) is 3.85. The van der Waals surface area contributed by atoms with E-state index >= 15 is 0 Å². The Kier molecular flexibility index (Phi) is 6.13. The molecule has 5 nitrogen and oxygen atoms in total. The van der Waals surface area contributed by atoms with Crippen molar-refractivity contribution in [1.29, 1.82) is 0 Å². The monoisotopic (exact) mass is 340 g/mol. The van der Waals surface area contributed by atoms with E-state index in [2.05, 4.69) is 5.32 Å². The molecule has 2 saturated heterocycles. The molecule has 0 spiro atoms. The summed E-state index contributed by atoms with van der Waals surface area (Å²) >= 11 is 0. The van der Waals surface area contributed by atoms with Crippen LogP contribution in [0.5, 0.6) is 11.5 Å². The topological polar surface area (TPSA) is 50.8 Å². The summed E-state index contributed by atoms with van der Waals surface area (Å²) in [4.78, 5) is 14.8. The minimum atomic E-state index is 0. The van der Waals surface area contributed by atoms with Gasteiger partial charge in [0.25, 0.3) is 5.91 Å². The molecule has 23 heavy (non-hydrogen) atoms. The van der Waals surface area contributed by atoms with Crippen LogP contribution in [-0.4, -0.2) is 51.2 Å². The molecule has 1 aromatic rings. The van der Waals surface area contributed by atoms with Gasteiger partial charge in [-0.3, -0.25) is 4.79 Å². The number of hydrogen-bond acceptors (Lipinski definition) is 4. The Hall–Kier alpha value is -1.46. The fraction of sp³-hybridized carbons (Fsp3) is 0.588. The van der Waals surface area contributed by atoms with E-state index in [-0.39, 0.29) is 18.3 Å². The molecule has 0 saturated carbocycles. The molecule has 2 aliphatic rings. The zero-order chi connectivity index (χ0) is 15.5. The summed E-state index contributed by atoms with van der Waals surface area (Å²) < 4.78 is 10.6. The maximum absolute atomic E-state index is 12.8. The molecule has 6 heteroatoms. The second kappa shape index (κ2) is 7.88. The minimum Gasteiger partial charge on any atom is -0.497 e. The molecule has 2 aliphatic heterocycles. The highest BCUT2D eigenvalue weighted by Crippen LogP contribution is 2.30. The van der Waals surface area contributed by atoms with Crippen molar-refractivity contribution in [3.05, 3.63) is 23.8 Å². The first-order valence-electron chi connectivity index (χ1n) is 7.95. The van der Waals surface area contributed by atoms with Crippen LogP contribution in [0.25, 0.3) is 0 Å². The fourth-order valence-corrected chi connectivity index (χ4v) is 3.57. The van der Waals surface area contributed by atoms with Gasteiger partial charge in [0.1, 0.15) is 11.5 Å². The van der Waals surface area contributed by atoms with Crippen molar-refractivity contribution in [2.24, 2.45) is 11.8 Å². The van der Waals surface area contributed by atoms with E-state index in [1.54, 1.807) is 26.4 Å². The van der Waals surface area contributed by atoms with Crippen LogP contribution in [-0.2, 0) is 0 Å². The predicted octanol–water partition coefficient (Wildman–Crippen LogP) is 2.20. The summed E-state index contributed by atoms with van der Waals surface area (Å²) in [6, 6.07) is 5.38. The highest BCUT2D eigenvalue weighted by molar-refractivity contribution is 5.97. The van der Waals surface area contributed by atoms with Crippen molar-refractivity contribution in [3.63, 3.8) is 0 Å². The molecule has 128 valence electrons. The lowest BCUT2D eigenvalue weighted by atomic mass is 9.92. The predicted molar refractivity (Wildman–Crippen MR) is 91.8 cm³/mol. The minimum absolute atomic E-state index is 0. The molecular weight excluding hydrogens is 316 g/mol. The standard InChI is InChI=1S/C17H24N2O3.ClH/c1-21-14-3-4-15(16(9-14)22-2)17(20)19-7-5-12-10-18-11-13(12)6-8-19;/h3-4,9,12-13,18H,5-8,10-11H2,1-2H3;1H/t12-,13+;. The molecule has 3 rings (SSSR count). The molecule has 0 bridgehead atoms. The van der Waals surface area contributed by atoms with Crippen LogP contribution < -0.4 is 14.8 Å². The number of nitrogens with zero attached hydrogens (tertiary/aromatic N) is 1. The molecule has 0 unspecified atom stereocenters. The fourth-order valence-electron chi connectivity index (χ4n) is 3.57. The number of likely N-dealkylation sites (tertiary alicyclic amines) is 1. The van der Waals surface area contributed by atoms with Gasteiger partial charge in [0.05, 0.1) is 19.8 Å². The second-order valence-electron chi connectivity index (χ2n) is 6.11. The van der Waals surface area contributed by atoms with E-state index in [1.165, 1.54) is 0 Å². The number of benzene rings is 1. The van der Waals surface area contributed by atoms with Crippen LogP contribution in [0.2, 0.25) is 0 Å². The van der Waals surface area contributed by atoms with E-state index in [9.17, 15) is 4.79 Å². The molecule has 1 N–H and O–H groups in total. The van der Waals surface area contributed by atoms with Crippen molar-refractivity contribution in [2.75, 3.05) is 40.4 Å². The first-order chi connectivity index (χ1) is 10.7. The van der Waals surface area contributed by atoms with E-state index in [0.29, 0.717) is 17.1 Å². The molecule has 1 aromatic carbocycles. The number of nitrogens with one attached hydrogen (secondary N) is 1. The number of ether oxygens (including phenoxy) is 2. The molecule has 2 heterocycles. The number of carbonyl (C=O) groups excluding carboxylic acids is 1. The quantitative estimate of drug-likeness (QED) is 0.916.